The fraction of sp³-hybridized carbons (Fsp3) is 0. The van der Waals surface area contributed by atoms with Crippen molar-refractivity contribution in [2.24, 2.45) is 0 Å². The van der Waals surface area contributed by atoms with Crippen molar-refractivity contribution in [2.45, 2.75) is 0 Å². The number of aromatic nitrogens is 2. The zero-order chi connectivity index (χ0) is 29.0. The van der Waals surface area contributed by atoms with Gasteiger partial charge >= 0.3 is 0 Å². The Kier molecular flexibility index (Phi) is 5.90. The number of benzene rings is 6. The first kappa shape index (κ1) is 25.3. The van der Waals surface area contributed by atoms with Crippen molar-refractivity contribution in [1.82, 2.24) is 9.97 Å². The lowest BCUT2D eigenvalue weighted by Crippen LogP contribution is -1.88. The first-order valence-corrected chi connectivity index (χ1v) is 16.3. The van der Waals surface area contributed by atoms with Crippen molar-refractivity contribution in [3.63, 3.8) is 0 Å². The molecule has 0 atom stereocenters. The molecule has 2 nitrogen and oxygen atoms in total. The molecule has 206 valence electrons. The van der Waals surface area contributed by atoms with Gasteiger partial charge in [0.1, 0.15) is 6.33 Å². The van der Waals surface area contributed by atoms with E-state index < -0.39 is 0 Å². The second-order valence-corrected chi connectivity index (χ2v) is 13.1. The average Bonchev–Trinajstić information content (AvgIpc) is 3.67. The van der Waals surface area contributed by atoms with Crippen LogP contribution in [0.25, 0.3) is 85.1 Å². The summed E-state index contributed by atoms with van der Waals surface area (Å²) in [5.74, 6) is 0. The van der Waals surface area contributed by atoms with E-state index in [2.05, 4.69) is 140 Å². The van der Waals surface area contributed by atoms with E-state index in [-0.39, 0.29) is 0 Å². The van der Waals surface area contributed by atoms with Gasteiger partial charge in [-0.1, -0.05) is 109 Å². The maximum absolute atomic E-state index is 4.81. The highest BCUT2D eigenvalue weighted by Gasteiger charge is 2.15. The molecule has 0 amide bonds. The molecule has 0 bridgehead atoms. The predicted octanol–water partition coefficient (Wildman–Crippen LogP) is 11.9. The predicted molar refractivity (Wildman–Crippen MR) is 190 cm³/mol. The first-order chi connectivity index (χ1) is 21.8. The molecule has 0 saturated heterocycles. The number of hydrogen-bond acceptors (Lipinski definition) is 4. The fourth-order valence-corrected chi connectivity index (χ4v) is 8.67. The van der Waals surface area contributed by atoms with Crippen LogP contribution in [0.2, 0.25) is 0 Å². The molecule has 0 saturated carbocycles. The fourth-order valence-electron chi connectivity index (χ4n) is 6.28. The molecule has 3 heterocycles. The Morgan fingerprint density at radius 2 is 1.02 bits per heavy atom. The Labute approximate surface area is 262 Å². The Morgan fingerprint density at radius 1 is 0.386 bits per heavy atom. The molecular weight excluding hydrogens is 573 g/mol. The molecule has 0 radical (unpaired) electrons. The van der Waals surface area contributed by atoms with Crippen LogP contribution in [0, 0.1) is 0 Å². The lowest BCUT2D eigenvalue weighted by Gasteiger charge is -2.09. The van der Waals surface area contributed by atoms with Crippen molar-refractivity contribution in [2.75, 3.05) is 0 Å². The van der Waals surface area contributed by atoms with E-state index in [1.807, 2.05) is 11.3 Å². The van der Waals surface area contributed by atoms with Gasteiger partial charge in [0.25, 0.3) is 0 Å². The quantitative estimate of drug-likeness (QED) is 0.202. The second kappa shape index (κ2) is 10.2. The summed E-state index contributed by atoms with van der Waals surface area (Å²) in [5.41, 5.74) is 10.4. The summed E-state index contributed by atoms with van der Waals surface area (Å²) in [5, 5.41) is 3.82. The van der Waals surface area contributed by atoms with E-state index in [0.717, 1.165) is 21.5 Å². The van der Waals surface area contributed by atoms with Crippen molar-refractivity contribution in [3.8, 4) is 44.6 Å². The standard InChI is InChI=1S/C40H24N2S2/c1-2-9-25(10-3-1)28-19-20-36-34(23-28)38-40(44-36)37(41-24-42-38)30-14-7-12-27(22-30)26-11-6-13-29(21-26)31-16-8-17-33-32-15-4-5-18-35(32)43-39(31)33/h1-24H. The van der Waals surface area contributed by atoms with Gasteiger partial charge in [0.15, 0.2) is 0 Å². The van der Waals surface area contributed by atoms with Crippen molar-refractivity contribution < 1.29 is 0 Å². The van der Waals surface area contributed by atoms with E-state index >= 15 is 0 Å². The smallest absolute Gasteiger partial charge is 0.116 e. The van der Waals surface area contributed by atoms with Gasteiger partial charge in [-0.05, 0) is 63.7 Å². The molecule has 6 aromatic carbocycles. The molecule has 0 aliphatic heterocycles. The summed E-state index contributed by atoms with van der Waals surface area (Å²) in [6.45, 7) is 0. The van der Waals surface area contributed by atoms with Crippen molar-refractivity contribution in [3.05, 3.63) is 146 Å². The van der Waals surface area contributed by atoms with E-state index in [0.29, 0.717) is 0 Å². The molecule has 9 aromatic rings. The Morgan fingerprint density at radius 3 is 1.91 bits per heavy atom. The Hall–Kier alpha value is -5.16. The summed E-state index contributed by atoms with van der Waals surface area (Å²) < 4.78 is 5.01. The molecule has 3 aromatic heterocycles. The summed E-state index contributed by atoms with van der Waals surface area (Å²) in [7, 11) is 0. The van der Waals surface area contributed by atoms with Gasteiger partial charge in [-0.3, -0.25) is 0 Å². The number of fused-ring (bicyclic) bond motifs is 6. The minimum atomic E-state index is 0.977. The third kappa shape index (κ3) is 4.15. The molecule has 0 N–H and O–H groups in total. The molecule has 9 rings (SSSR count). The summed E-state index contributed by atoms with van der Waals surface area (Å²) in [6.07, 6.45) is 1.71. The van der Waals surface area contributed by atoms with Gasteiger partial charge in [0.05, 0.1) is 15.9 Å². The van der Waals surface area contributed by atoms with Crippen LogP contribution < -0.4 is 0 Å². The van der Waals surface area contributed by atoms with E-state index in [1.54, 1.807) is 17.7 Å². The van der Waals surface area contributed by atoms with Gasteiger partial charge in [-0.25, -0.2) is 9.97 Å². The minimum absolute atomic E-state index is 0.977. The molecule has 0 aliphatic rings. The first-order valence-electron chi connectivity index (χ1n) is 14.6. The highest BCUT2D eigenvalue weighted by atomic mass is 32.1. The lowest BCUT2D eigenvalue weighted by atomic mass is 9.96. The van der Waals surface area contributed by atoms with Gasteiger partial charge < -0.3 is 0 Å². The van der Waals surface area contributed by atoms with Crippen LogP contribution in [0.5, 0.6) is 0 Å². The van der Waals surface area contributed by atoms with E-state index in [9.17, 15) is 0 Å². The van der Waals surface area contributed by atoms with Gasteiger partial charge in [0, 0.05) is 35.8 Å². The zero-order valence-electron chi connectivity index (χ0n) is 23.6. The number of rotatable bonds is 4. The maximum Gasteiger partial charge on any atom is 0.116 e. The summed E-state index contributed by atoms with van der Waals surface area (Å²) in [6, 6.07) is 50.2. The monoisotopic (exact) mass is 596 g/mol. The topological polar surface area (TPSA) is 25.8 Å². The average molecular weight is 597 g/mol. The largest absolute Gasteiger partial charge is 0.235 e. The van der Waals surface area contributed by atoms with E-state index in [1.165, 1.54) is 63.6 Å². The molecule has 0 aliphatic carbocycles. The number of hydrogen-bond donors (Lipinski definition) is 0. The maximum atomic E-state index is 4.81. The number of thiophene rings is 2. The van der Waals surface area contributed by atoms with Crippen LogP contribution in [0.4, 0.5) is 0 Å². The highest BCUT2D eigenvalue weighted by Crippen LogP contribution is 2.42. The van der Waals surface area contributed by atoms with Gasteiger partial charge in [0.2, 0.25) is 0 Å². The molecule has 44 heavy (non-hydrogen) atoms. The molecule has 0 spiro atoms. The van der Waals surface area contributed by atoms with Crippen molar-refractivity contribution >= 4 is 63.1 Å². The van der Waals surface area contributed by atoms with Crippen LogP contribution >= 0.6 is 22.7 Å². The van der Waals surface area contributed by atoms with Crippen LogP contribution in [-0.4, -0.2) is 9.97 Å². The molecule has 4 heteroatoms. The number of nitrogens with zero attached hydrogens (tertiary/aromatic N) is 2. The lowest BCUT2D eigenvalue weighted by molar-refractivity contribution is 1.24. The van der Waals surface area contributed by atoms with Crippen LogP contribution in [-0.2, 0) is 0 Å². The second-order valence-electron chi connectivity index (χ2n) is 11.0. The summed E-state index contributed by atoms with van der Waals surface area (Å²) >= 11 is 3.64. The normalized spacial score (nSPS) is 11.6. The van der Waals surface area contributed by atoms with Crippen LogP contribution in [0.1, 0.15) is 0 Å². The zero-order valence-corrected chi connectivity index (χ0v) is 25.2. The molecule has 0 fully saturated rings. The van der Waals surface area contributed by atoms with Crippen LogP contribution in [0.15, 0.2) is 146 Å². The Balaban J connectivity index is 1.14. The van der Waals surface area contributed by atoms with Crippen molar-refractivity contribution in [1.29, 1.82) is 0 Å². The summed E-state index contributed by atoms with van der Waals surface area (Å²) in [4.78, 5) is 9.57. The van der Waals surface area contributed by atoms with Gasteiger partial charge in [-0.2, -0.15) is 0 Å². The molecule has 0 unspecified atom stereocenters. The molecular formula is C40H24N2S2. The SMILES string of the molecule is c1ccc(-c2ccc3sc4c(-c5cccc(-c6cccc(-c7cccc8c7sc7ccccc78)c6)c5)ncnc4c3c2)cc1. The van der Waals surface area contributed by atoms with E-state index in [4.69, 9.17) is 9.97 Å². The van der Waals surface area contributed by atoms with Gasteiger partial charge in [-0.15, -0.1) is 22.7 Å². The van der Waals surface area contributed by atoms with Crippen LogP contribution in [0.3, 0.4) is 0 Å². The highest BCUT2D eigenvalue weighted by molar-refractivity contribution is 7.26. The third-order valence-electron chi connectivity index (χ3n) is 8.40. The Bertz CT molecular complexity index is 2510. The third-order valence-corrected chi connectivity index (χ3v) is 10.8. The minimum Gasteiger partial charge on any atom is -0.235 e.